The van der Waals surface area contributed by atoms with Gasteiger partial charge in [-0.05, 0) is 29.8 Å². The number of hydrogen-bond acceptors (Lipinski definition) is 1. The lowest BCUT2D eigenvalue weighted by Gasteiger charge is -2.10. The second kappa shape index (κ2) is 6.01. The second-order valence-corrected chi connectivity index (χ2v) is 4.94. The number of rotatable bonds is 3. The Morgan fingerprint density at radius 1 is 1.00 bits per heavy atom. The smallest absolute Gasteiger partial charge is 0.289 e. The Kier molecular flexibility index (Phi) is 4.47. The standard InChI is InChI=1S/C13H8F5NO2S/c14-10-5-9(19-22(20)21)6-11(15)12(10)7-1-3-8(4-2-7)13(16,17)18/h1-6,19H,(H,20,21). The third-order valence-corrected chi connectivity index (χ3v) is 3.16. The molecule has 0 aliphatic carbocycles. The average Bonchev–Trinajstić information content (AvgIpc) is 2.36. The minimum atomic E-state index is -4.55. The molecule has 22 heavy (non-hydrogen) atoms. The van der Waals surface area contributed by atoms with Crippen LogP contribution in [0.1, 0.15) is 5.56 Å². The molecule has 0 aliphatic rings. The molecule has 0 spiro atoms. The van der Waals surface area contributed by atoms with Crippen molar-refractivity contribution in [1.82, 2.24) is 0 Å². The third-order valence-electron chi connectivity index (χ3n) is 2.75. The molecular weight excluding hydrogens is 329 g/mol. The van der Waals surface area contributed by atoms with Crippen LogP contribution in [-0.2, 0) is 17.4 Å². The van der Waals surface area contributed by atoms with Crippen molar-refractivity contribution in [2.45, 2.75) is 6.18 Å². The first kappa shape index (κ1) is 16.4. The molecule has 1 atom stereocenters. The van der Waals surface area contributed by atoms with Gasteiger partial charge in [-0.15, -0.1) is 0 Å². The molecule has 0 fully saturated rings. The summed E-state index contributed by atoms with van der Waals surface area (Å²) in [5, 5.41) is 0. The molecule has 2 N–H and O–H groups in total. The summed E-state index contributed by atoms with van der Waals surface area (Å²) in [6, 6.07) is 4.85. The summed E-state index contributed by atoms with van der Waals surface area (Å²) in [6.07, 6.45) is -4.55. The Labute approximate surface area is 124 Å². The first-order valence-electron chi connectivity index (χ1n) is 5.72. The van der Waals surface area contributed by atoms with E-state index in [0.29, 0.717) is 12.1 Å². The maximum Gasteiger partial charge on any atom is 0.416 e. The quantitative estimate of drug-likeness (QED) is 0.651. The number of benzene rings is 2. The molecule has 2 aromatic carbocycles. The molecule has 2 aromatic rings. The van der Waals surface area contributed by atoms with E-state index >= 15 is 0 Å². The van der Waals surface area contributed by atoms with Gasteiger partial charge in [0.05, 0.1) is 16.8 Å². The van der Waals surface area contributed by atoms with E-state index in [4.69, 9.17) is 4.55 Å². The van der Waals surface area contributed by atoms with Crippen LogP contribution in [0.5, 0.6) is 0 Å². The summed E-state index contributed by atoms with van der Waals surface area (Å²) < 4.78 is 86.1. The summed E-state index contributed by atoms with van der Waals surface area (Å²) >= 11 is -2.51. The lowest BCUT2D eigenvalue weighted by atomic mass is 10.0. The van der Waals surface area contributed by atoms with Crippen molar-refractivity contribution in [2.75, 3.05) is 4.72 Å². The summed E-state index contributed by atoms with van der Waals surface area (Å²) in [5.74, 6) is -2.15. The van der Waals surface area contributed by atoms with Crippen LogP contribution in [-0.4, -0.2) is 8.76 Å². The zero-order valence-electron chi connectivity index (χ0n) is 10.6. The maximum absolute atomic E-state index is 13.9. The topological polar surface area (TPSA) is 49.3 Å². The summed E-state index contributed by atoms with van der Waals surface area (Å²) in [5.41, 5.74) is -1.82. The molecule has 9 heteroatoms. The lowest BCUT2D eigenvalue weighted by molar-refractivity contribution is -0.137. The van der Waals surface area contributed by atoms with Crippen molar-refractivity contribution in [1.29, 1.82) is 0 Å². The number of halogens is 5. The molecule has 0 saturated carbocycles. The predicted molar refractivity (Wildman–Crippen MR) is 71.2 cm³/mol. The summed E-state index contributed by atoms with van der Waals surface area (Å²) in [4.78, 5) is 0. The van der Waals surface area contributed by atoms with Gasteiger partial charge in [0.15, 0.2) is 0 Å². The van der Waals surface area contributed by atoms with Crippen molar-refractivity contribution in [3.8, 4) is 11.1 Å². The Hall–Kier alpha value is -2.00. The highest BCUT2D eigenvalue weighted by Gasteiger charge is 2.30. The molecule has 0 saturated heterocycles. The monoisotopic (exact) mass is 337 g/mol. The number of anilines is 1. The minimum absolute atomic E-state index is 0.0836. The van der Waals surface area contributed by atoms with E-state index in [9.17, 15) is 26.2 Å². The molecular formula is C13H8F5NO2S. The van der Waals surface area contributed by atoms with Crippen molar-refractivity contribution in [3.63, 3.8) is 0 Å². The van der Waals surface area contributed by atoms with Crippen LogP contribution in [0.4, 0.5) is 27.6 Å². The number of hydrogen-bond donors (Lipinski definition) is 2. The van der Waals surface area contributed by atoms with Gasteiger partial charge < -0.3 is 0 Å². The Bertz CT molecular complexity index is 692. The number of nitrogens with one attached hydrogen (secondary N) is 1. The molecule has 1 unspecified atom stereocenters. The molecule has 3 nitrogen and oxygen atoms in total. The summed E-state index contributed by atoms with van der Waals surface area (Å²) in [7, 11) is 0. The van der Waals surface area contributed by atoms with Gasteiger partial charge >= 0.3 is 6.18 Å². The van der Waals surface area contributed by atoms with E-state index in [2.05, 4.69) is 0 Å². The van der Waals surface area contributed by atoms with E-state index in [0.717, 1.165) is 24.3 Å². The van der Waals surface area contributed by atoms with Crippen LogP contribution < -0.4 is 4.72 Å². The first-order valence-corrected chi connectivity index (χ1v) is 6.83. The normalized spacial score (nSPS) is 13.0. The van der Waals surface area contributed by atoms with Crippen LogP contribution in [0.2, 0.25) is 0 Å². The van der Waals surface area contributed by atoms with Gasteiger partial charge in [-0.2, -0.15) is 13.2 Å². The number of alkyl halides is 3. The molecule has 0 aromatic heterocycles. The van der Waals surface area contributed by atoms with Gasteiger partial charge in [0.1, 0.15) is 11.6 Å². The SMILES string of the molecule is O=S(O)Nc1cc(F)c(-c2ccc(C(F)(F)F)cc2)c(F)c1. The van der Waals surface area contributed by atoms with Crippen molar-refractivity contribution < 1.29 is 30.7 Å². The Morgan fingerprint density at radius 3 is 1.91 bits per heavy atom. The van der Waals surface area contributed by atoms with Crippen LogP contribution in [0.3, 0.4) is 0 Å². The van der Waals surface area contributed by atoms with Crippen molar-refractivity contribution >= 4 is 17.0 Å². The van der Waals surface area contributed by atoms with Gasteiger partial charge in [0.2, 0.25) is 0 Å². The predicted octanol–water partition coefficient (Wildman–Crippen LogP) is 4.20. The van der Waals surface area contributed by atoms with Crippen LogP contribution in [0, 0.1) is 11.6 Å². The summed E-state index contributed by atoms with van der Waals surface area (Å²) in [6.45, 7) is 0. The molecule has 0 heterocycles. The van der Waals surface area contributed by atoms with E-state index in [1.807, 2.05) is 4.72 Å². The highest BCUT2D eigenvalue weighted by molar-refractivity contribution is 7.80. The van der Waals surface area contributed by atoms with Gasteiger partial charge in [-0.3, -0.25) is 9.27 Å². The van der Waals surface area contributed by atoms with E-state index in [-0.39, 0.29) is 11.3 Å². The molecule has 0 aliphatic heterocycles. The zero-order chi connectivity index (χ0) is 16.5. The fourth-order valence-corrected chi connectivity index (χ4v) is 2.15. The largest absolute Gasteiger partial charge is 0.416 e. The lowest BCUT2D eigenvalue weighted by Crippen LogP contribution is -2.05. The molecule has 118 valence electrons. The van der Waals surface area contributed by atoms with Gasteiger partial charge in [0, 0.05) is 0 Å². The Morgan fingerprint density at radius 2 is 1.50 bits per heavy atom. The highest BCUT2D eigenvalue weighted by Crippen LogP contribution is 2.33. The van der Waals surface area contributed by atoms with E-state index in [1.54, 1.807) is 0 Å². The second-order valence-electron chi connectivity index (χ2n) is 4.24. The van der Waals surface area contributed by atoms with Crippen LogP contribution in [0.15, 0.2) is 36.4 Å². The molecule has 2 rings (SSSR count). The average molecular weight is 337 g/mol. The van der Waals surface area contributed by atoms with Crippen LogP contribution in [0.25, 0.3) is 11.1 Å². The zero-order valence-corrected chi connectivity index (χ0v) is 11.4. The van der Waals surface area contributed by atoms with Crippen molar-refractivity contribution in [2.24, 2.45) is 0 Å². The first-order chi connectivity index (χ1) is 10.2. The fourth-order valence-electron chi connectivity index (χ4n) is 1.83. The van der Waals surface area contributed by atoms with Crippen LogP contribution >= 0.6 is 0 Å². The third kappa shape index (κ3) is 3.60. The molecule has 0 bridgehead atoms. The van der Waals surface area contributed by atoms with Crippen molar-refractivity contribution in [3.05, 3.63) is 53.6 Å². The Balaban J connectivity index is 2.42. The minimum Gasteiger partial charge on any atom is -0.289 e. The van der Waals surface area contributed by atoms with Gasteiger partial charge in [-0.1, -0.05) is 12.1 Å². The fraction of sp³-hybridized carbons (Fsp3) is 0.0769. The maximum atomic E-state index is 13.9. The van der Waals surface area contributed by atoms with E-state index < -0.39 is 40.2 Å². The van der Waals surface area contributed by atoms with E-state index in [1.165, 1.54) is 0 Å². The van der Waals surface area contributed by atoms with Gasteiger partial charge in [0.25, 0.3) is 11.3 Å². The molecule has 0 radical (unpaired) electrons. The molecule has 0 amide bonds. The highest BCUT2D eigenvalue weighted by atomic mass is 32.2. The van der Waals surface area contributed by atoms with Gasteiger partial charge in [-0.25, -0.2) is 13.0 Å².